The maximum Gasteiger partial charge on any atom is 0.163 e. The number of benzene rings is 1. The van der Waals surface area contributed by atoms with Gasteiger partial charge < -0.3 is 10.1 Å². The Hall–Kier alpha value is -2.01. The number of rotatable bonds is 6. The molecule has 0 aliphatic carbocycles. The van der Waals surface area contributed by atoms with Gasteiger partial charge in [-0.3, -0.25) is 4.98 Å². The van der Waals surface area contributed by atoms with Crippen molar-refractivity contribution in [1.82, 2.24) is 10.3 Å². The Morgan fingerprint density at radius 2 is 2.10 bits per heavy atom. The molecule has 1 atom stereocenters. The van der Waals surface area contributed by atoms with Gasteiger partial charge in [0.15, 0.2) is 11.6 Å². The van der Waals surface area contributed by atoms with Crippen LogP contribution in [0.15, 0.2) is 36.7 Å². The number of hydrogen-bond acceptors (Lipinski definition) is 3. The van der Waals surface area contributed by atoms with Gasteiger partial charge >= 0.3 is 0 Å². The molecular formula is C16H18F2N2O. The van der Waals surface area contributed by atoms with Crippen LogP contribution in [0.4, 0.5) is 8.78 Å². The van der Waals surface area contributed by atoms with Crippen molar-refractivity contribution in [3.63, 3.8) is 0 Å². The van der Waals surface area contributed by atoms with Crippen LogP contribution < -0.4 is 10.1 Å². The summed E-state index contributed by atoms with van der Waals surface area (Å²) in [5, 5.41) is 2.98. The largest absolute Gasteiger partial charge is 0.492 e. The molecule has 1 aromatic heterocycles. The van der Waals surface area contributed by atoms with Gasteiger partial charge in [-0.25, -0.2) is 8.78 Å². The first-order chi connectivity index (χ1) is 10.2. The molecule has 0 amide bonds. The molecule has 3 nitrogen and oxygen atoms in total. The van der Waals surface area contributed by atoms with E-state index in [2.05, 4.69) is 10.3 Å². The molecule has 0 fully saturated rings. The van der Waals surface area contributed by atoms with Gasteiger partial charge in [0.1, 0.15) is 5.75 Å². The Labute approximate surface area is 123 Å². The van der Waals surface area contributed by atoms with E-state index in [-0.39, 0.29) is 5.56 Å². The topological polar surface area (TPSA) is 34.1 Å². The summed E-state index contributed by atoms with van der Waals surface area (Å²) >= 11 is 0. The lowest BCUT2D eigenvalue weighted by molar-refractivity contribution is 0.315. The SMILES string of the molecule is CCCOc1cncc(C(NC)c2cccc(F)c2F)c1. The normalized spacial score (nSPS) is 12.2. The molecule has 0 aliphatic rings. The number of nitrogens with one attached hydrogen (secondary N) is 1. The second-order valence-corrected chi connectivity index (χ2v) is 4.67. The van der Waals surface area contributed by atoms with Gasteiger partial charge in [-0.05, 0) is 31.2 Å². The maximum atomic E-state index is 14.0. The van der Waals surface area contributed by atoms with Crippen LogP contribution in [0.25, 0.3) is 0 Å². The molecule has 2 aromatic rings. The Kier molecular flexibility index (Phi) is 5.22. The lowest BCUT2D eigenvalue weighted by Crippen LogP contribution is -2.19. The molecule has 1 N–H and O–H groups in total. The average molecular weight is 292 g/mol. The smallest absolute Gasteiger partial charge is 0.163 e. The van der Waals surface area contributed by atoms with E-state index in [4.69, 9.17) is 4.74 Å². The van der Waals surface area contributed by atoms with E-state index >= 15 is 0 Å². The molecule has 0 saturated heterocycles. The summed E-state index contributed by atoms with van der Waals surface area (Å²) in [6, 6.07) is 5.44. The zero-order valence-corrected chi connectivity index (χ0v) is 12.1. The Morgan fingerprint density at radius 3 is 2.81 bits per heavy atom. The first-order valence-electron chi connectivity index (χ1n) is 6.86. The van der Waals surface area contributed by atoms with Crippen molar-refractivity contribution in [2.45, 2.75) is 19.4 Å². The molecule has 0 radical (unpaired) electrons. The number of nitrogens with zero attached hydrogens (tertiary/aromatic N) is 1. The van der Waals surface area contributed by atoms with Crippen molar-refractivity contribution in [2.24, 2.45) is 0 Å². The molecule has 21 heavy (non-hydrogen) atoms. The minimum atomic E-state index is -0.862. The van der Waals surface area contributed by atoms with E-state index in [1.54, 1.807) is 31.6 Å². The van der Waals surface area contributed by atoms with Gasteiger partial charge in [0.2, 0.25) is 0 Å². The third-order valence-electron chi connectivity index (χ3n) is 3.12. The van der Waals surface area contributed by atoms with E-state index in [1.165, 1.54) is 6.07 Å². The van der Waals surface area contributed by atoms with E-state index in [9.17, 15) is 8.78 Å². The van der Waals surface area contributed by atoms with Crippen molar-refractivity contribution in [3.8, 4) is 5.75 Å². The third-order valence-corrected chi connectivity index (χ3v) is 3.12. The first-order valence-corrected chi connectivity index (χ1v) is 6.86. The molecule has 1 unspecified atom stereocenters. The van der Waals surface area contributed by atoms with Crippen molar-refractivity contribution < 1.29 is 13.5 Å². The number of halogens is 2. The van der Waals surface area contributed by atoms with Gasteiger partial charge in [-0.1, -0.05) is 19.1 Å². The highest BCUT2D eigenvalue weighted by Crippen LogP contribution is 2.27. The van der Waals surface area contributed by atoms with Gasteiger partial charge in [-0.15, -0.1) is 0 Å². The lowest BCUT2D eigenvalue weighted by Gasteiger charge is -2.18. The molecule has 0 aliphatic heterocycles. The zero-order chi connectivity index (χ0) is 15.2. The predicted molar refractivity (Wildman–Crippen MR) is 77.3 cm³/mol. The third kappa shape index (κ3) is 3.55. The Bertz CT molecular complexity index is 605. The van der Waals surface area contributed by atoms with Crippen molar-refractivity contribution >= 4 is 0 Å². The zero-order valence-electron chi connectivity index (χ0n) is 12.1. The molecule has 0 saturated carbocycles. The van der Waals surface area contributed by atoms with Crippen LogP contribution in [0.3, 0.4) is 0 Å². The van der Waals surface area contributed by atoms with Crippen molar-refractivity contribution in [2.75, 3.05) is 13.7 Å². The van der Waals surface area contributed by atoms with Crippen LogP contribution >= 0.6 is 0 Å². The van der Waals surface area contributed by atoms with Gasteiger partial charge in [0, 0.05) is 11.8 Å². The highest BCUT2D eigenvalue weighted by molar-refractivity contribution is 5.35. The van der Waals surface area contributed by atoms with Crippen LogP contribution in [0.5, 0.6) is 5.75 Å². The summed E-state index contributed by atoms with van der Waals surface area (Å²) in [5.74, 6) is -1.10. The average Bonchev–Trinajstić information content (AvgIpc) is 2.50. The molecule has 0 spiro atoms. The summed E-state index contributed by atoms with van der Waals surface area (Å²) in [5.41, 5.74) is 0.961. The standard InChI is InChI=1S/C16H18F2N2O/c1-3-7-21-12-8-11(9-20-10-12)16(19-2)13-5-4-6-14(17)15(13)18/h4-6,8-10,16,19H,3,7H2,1-2H3. The summed E-state index contributed by atoms with van der Waals surface area (Å²) in [6.07, 6.45) is 4.11. The molecular weight excluding hydrogens is 274 g/mol. The van der Waals surface area contributed by atoms with Gasteiger partial charge in [0.25, 0.3) is 0 Å². The molecule has 1 heterocycles. The molecule has 0 bridgehead atoms. The predicted octanol–water partition coefficient (Wildman–Crippen LogP) is 3.46. The van der Waals surface area contributed by atoms with Gasteiger partial charge in [0.05, 0.1) is 18.8 Å². The lowest BCUT2D eigenvalue weighted by atomic mass is 9.99. The molecule has 5 heteroatoms. The number of aromatic nitrogens is 1. The number of hydrogen-bond donors (Lipinski definition) is 1. The first kappa shape index (κ1) is 15.4. The highest BCUT2D eigenvalue weighted by atomic mass is 19.2. The van der Waals surface area contributed by atoms with E-state index in [0.717, 1.165) is 18.1 Å². The minimum absolute atomic E-state index is 0.243. The van der Waals surface area contributed by atoms with E-state index in [1.807, 2.05) is 6.92 Å². The van der Waals surface area contributed by atoms with E-state index < -0.39 is 17.7 Å². The fourth-order valence-corrected chi connectivity index (χ4v) is 2.14. The molecule has 2 rings (SSSR count). The molecule has 112 valence electrons. The van der Waals surface area contributed by atoms with E-state index in [0.29, 0.717) is 12.4 Å². The van der Waals surface area contributed by atoms with Crippen LogP contribution in [-0.4, -0.2) is 18.6 Å². The second-order valence-electron chi connectivity index (χ2n) is 4.67. The van der Waals surface area contributed by atoms with Crippen LogP contribution in [-0.2, 0) is 0 Å². The Morgan fingerprint density at radius 1 is 1.29 bits per heavy atom. The monoisotopic (exact) mass is 292 g/mol. The summed E-state index contributed by atoms with van der Waals surface area (Å²) in [4.78, 5) is 4.10. The number of pyridine rings is 1. The summed E-state index contributed by atoms with van der Waals surface area (Å²) in [7, 11) is 1.69. The van der Waals surface area contributed by atoms with Crippen molar-refractivity contribution in [3.05, 3.63) is 59.4 Å². The fourth-order valence-electron chi connectivity index (χ4n) is 2.14. The van der Waals surface area contributed by atoms with Crippen LogP contribution in [0, 0.1) is 11.6 Å². The maximum absolute atomic E-state index is 14.0. The minimum Gasteiger partial charge on any atom is -0.492 e. The van der Waals surface area contributed by atoms with Gasteiger partial charge in [-0.2, -0.15) is 0 Å². The quantitative estimate of drug-likeness (QED) is 0.885. The summed E-state index contributed by atoms with van der Waals surface area (Å²) in [6.45, 7) is 2.60. The van der Waals surface area contributed by atoms with Crippen LogP contribution in [0.2, 0.25) is 0 Å². The second kappa shape index (κ2) is 7.13. The van der Waals surface area contributed by atoms with Crippen LogP contribution in [0.1, 0.15) is 30.5 Å². The highest BCUT2D eigenvalue weighted by Gasteiger charge is 2.19. The molecule has 1 aromatic carbocycles. The Balaban J connectivity index is 2.35. The van der Waals surface area contributed by atoms with Crippen molar-refractivity contribution in [1.29, 1.82) is 0 Å². The number of ether oxygens (including phenoxy) is 1. The fraction of sp³-hybridized carbons (Fsp3) is 0.312. The summed E-state index contributed by atoms with van der Waals surface area (Å²) < 4.78 is 32.9.